The predicted molar refractivity (Wildman–Crippen MR) is 102 cm³/mol. The monoisotopic (exact) mass is 390 g/mol. The van der Waals surface area contributed by atoms with Crippen molar-refractivity contribution in [1.82, 2.24) is 14.9 Å². The summed E-state index contributed by atoms with van der Waals surface area (Å²) in [7, 11) is 0. The Balaban J connectivity index is 1.70. The largest absolute Gasteiger partial charge is 0.448 e. The molecule has 0 bridgehead atoms. The van der Waals surface area contributed by atoms with Crippen LogP contribution >= 0.6 is 11.3 Å². The zero-order valence-corrected chi connectivity index (χ0v) is 16.7. The van der Waals surface area contributed by atoms with Gasteiger partial charge >= 0.3 is 5.97 Å². The highest BCUT2D eigenvalue weighted by Gasteiger charge is 2.23. The van der Waals surface area contributed by atoms with E-state index in [1.165, 1.54) is 18.3 Å². The van der Waals surface area contributed by atoms with Gasteiger partial charge in [0.1, 0.15) is 15.5 Å². The van der Waals surface area contributed by atoms with Gasteiger partial charge in [0.2, 0.25) is 0 Å². The van der Waals surface area contributed by atoms with Crippen LogP contribution in [-0.4, -0.2) is 32.9 Å². The lowest BCUT2D eigenvalue weighted by Crippen LogP contribution is -2.29. The molecular formula is C18H22N4O4S. The maximum absolute atomic E-state index is 12.5. The molecule has 0 aliphatic heterocycles. The van der Waals surface area contributed by atoms with E-state index in [1.807, 2.05) is 11.6 Å². The van der Waals surface area contributed by atoms with Gasteiger partial charge in [0.15, 0.2) is 11.9 Å². The lowest BCUT2D eigenvalue weighted by Gasteiger charge is -2.11. The van der Waals surface area contributed by atoms with Crippen molar-refractivity contribution in [2.75, 3.05) is 5.32 Å². The van der Waals surface area contributed by atoms with E-state index in [2.05, 4.69) is 29.4 Å². The first kappa shape index (κ1) is 19.1. The van der Waals surface area contributed by atoms with Crippen LogP contribution in [0.5, 0.6) is 0 Å². The number of hydrogen-bond donors (Lipinski definition) is 1. The van der Waals surface area contributed by atoms with Crippen molar-refractivity contribution >= 4 is 39.2 Å². The maximum Gasteiger partial charge on any atom is 0.349 e. The Morgan fingerprint density at radius 1 is 1.30 bits per heavy atom. The summed E-state index contributed by atoms with van der Waals surface area (Å²) in [6.45, 7) is 10.1. The molecule has 0 radical (unpaired) electrons. The normalized spacial score (nSPS) is 12.5. The lowest BCUT2D eigenvalue weighted by molar-refractivity contribution is -0.123. The average molecular weight is 390 g/mol. The quantitative estimate of drug-likeness (QED) is 0.646. The fourth-order valence-corrected chi connectivity index (χ4v) is 3.66. The van der Waals surface area contributed by atoms with Gasteiger partial charge in [-0.1, -0.05) is 19.0 Å². The second kappa shape index (κ2) is 7.51. The highest BCUT2D eigenvalue weighted by Crippen LogP contribution is 2.29. The Morgan fingerprint density at radius 2 is 2.04 bits per heavy atom. The first-order chi connectivity index (χ1) is 12.7. The molecule has 9 heteroatoms. The number of fused-ring (bicyclic) bond motifs is 1. The Kier molecular flexibility index (Phi) is 5.31. The molecule has 0 fully saturated rings. The van der Waals surface area contributed by atoms with Crippen LogP contribution in [0.4, 0.5) is 5.82 Å². The number of hydrogen-bond acceptors (Lipinski definition) is 7. The maximum atomic E-state index is 12.5. The summed E-state index contributed by atoms with van der Waals surface area (Å²) in [4.78, 5) is 26.0. The Hall–Kier alpha value is -2.68. The van der Waals surface area contributed by atoms with Gasteiger partial charge in [0.05, 0.1) is 5.69 Å². The number of rotatable bonds is 6. The minimum absolute atomic E-state index is 0.284. The summed E-state index contributed by atoms with van der Waals surface area (Å²) in [5.41, 5.74) is 0.869. The van der Waals surface area contributed by atoms with Gasteiger partial charge in [-0.25, -0.2) is 4.79 Å². The van der Waals surface area contributed by atoms with Crippen LogP contribution in [0, 0.1) is 19.8 Å². The van der Waals surface area contributed by atoms with Crippen LogP contribution in [0.1, 0.15) is 41.9 Å². The van der Waals surface area contributed by atoms with Gasteiger partial charge in [-0.05, 0) is 32.8 Å². The van der Waals surface area contributed by atoms with Gasteiger partial charge in [-0.15, -0.1) is 11.3 Å². The summed E-state index contributed by atoms with van der Waals surface area (Å²) in [6.07, 6.45) is -0.965. The van der Waals surface area contributed by atoms with Crippen LogP contribution < -0.4 is 5.32 Å². The summed E-state index contributed by atoms with van der Waals surface area (Å²) in [5, 5.41) is 11.7. The minimum atomic E-state index is -0.965. The van der Waals surface area contributed by atoms with Gasteiger partial charge < -0.3 is 14.6 Å². The molecule has 27 heavy (non-hydrogen) atoms. The molecule has 0 saturated heterocycles. The molecule has 0 aliphatic carbocycles. The third kappa shape index (κ3) is 4.19. The average Bonchev–Trinajstić information content (AvgIpc) is 3.25. The fourth-order valence-electron chi connectivity index (χ4n) is 2.61. The SMILES string of the molecule is Cc1cc(NC(=O)C(C)OC(=O)c2cc3c(C)nn(CC(C)C)c3s2)no1. The van der Waals surface area contributed by atoms with E-state index in [4.69, 9.17) is 9.26 Å². The molecule has 3 aromatic rings. The minimum Gasteiger partial charge on any atom is -0.448 e. The van der Waals surface area contributed by atoms with E-state index in [0.29, 0.717) is 16.6 Å². The molecule has 0 saturated carbocycles. The van der Waals surface area contributed by atoms with Crippen molar-refractivity contribution in [3.63, 3.8) is 0 Å². The molecule has 0 aliphatic rings. The highest BCUT2D eigenvalue weighted by molar-refractivity contribution is 7.20. The number of carbonyl (C=O) groups excluding carboxylic acids is 2. The van der Waals surface area contributed by atoms with E-state index in [9.17, 15) is 9.59 Å². The summed E-state index contributed by atoms with van der Waals surface area (Å²) in [5.74, 6) is 0.289. The number of ether oxygens (including phenoxy) is 1. The standard InChI is InChI=1S/C18H22N4O4S/c1-9(2)8-22-17-13(11(4)20-22)7-14(27-17)18(24)25-12(5)16(23)19-15-6-10(3)26-21-15/h6-7,9,12H,8H2,1-5H3,(H,19,21,23). The second-order valence-electron chi connectivity index (χ2n) is 6.85. The van der Waals surface area contributed by atoms with Gasteiger partial charge in [0.25, 0.3) is 5.91 Å². The summed E-state index contributed by atoms with van der Waals surface area (Å²) < 4.78 is 12.1. The Morgan fingerprint density at radius 3 is 2.67 bits per heavy atom. The number of carbonyl (C=O) groups is 2. The molecule has 3 heterocycles. The molecule has 1 amide bonds. The predicted octanol–water partition coefficient (Wildman–Crippen LogP) is 3.54. The molecular weight excluding hydrogens is 368 g/mol. The van der Waals surface area contributed by atoms with Crippen molar-refractivity contribution in [3.05, 3.63) is 28.5 Å². The number of thiophene rings is 1. The molecule has 144 valence electrons. The van der Waals surface area contributed by atoms with Crippen molar-refractivity contribution in [3.8, 4) is 0 Å². The smallest absolute Gasteiger partial charge is 0.349 e. The molecule has 1 unspecified atom stereocenters. The number of amides is 1. The number of nitrogens with one attached hydrogen (secondary N) is 1. The van der Waals surface area contributed by atoms with Gasteiger partial charge in [0, 0.05) is 18.0 Å². The Bertz CT molecular complexity index is 985. The summed E-state index contributed by atoms with van der Waals surface area (Å²) in [6, 6.07) is 3.36. The fraction of sp³-hybridized carbons (Fsp3) is 0.444. The molecule has 8 nitrogen and oxygen atoms in total. The number of nitrogens with zero attached hydrogens (tertiary/aromatic N) is 3. The van der Waals surface area contributed by atoms with Crippen molar-refractivity contribution < 1.29 is 18.8 Å². The molecule has 1 atom stereocenters. The zero-order chi connectivity index (χ0) is 19.7. The van der Waals surface area contributed by atoms with E-state index in [-0.39, 0.29) is 5.82 Å². The zero-order valence-electron chi connectivity index (χ0n) is 15.9. The molecule has 3 rings (SSSR count). The molecule has 3 aromatic heterocycles. The van der Waals surface area contributed by atoms with E-state index >= 15 is 0 Å². The molecule has 0 aromatic carbocycles. The molecule has 1 N–H and O–H groups in total. The lowest BCUT2D eigenvalue weighted by atomic mass is 10.2. The van der Waals surface area contributed by atoms with Crippen molar-refractivity contribution in [2.45, 2.75) is 47.3 Å². The van der Waals surface area contributed by atoms with Crippen LogP contribution in [0.2, 0.25) is 0 Å². The highest BCUT2D eigenvalue weighted by atomic mass is 32.1. The van der Waals surface area contributed by atoms with Gasteiger partial charge in [-0.3, -0.25) is 9.48 Å². The van der Waals surface area contributed by atoms with E-state index < -0.39 is 18.0 Å². The number of anilines is 1. The third-order valence-electron chi connectivity index (χ3n) is 3.88. The Labute approximate surface area is 160 Å². The number of esters is 1. The summed E-state index contributed by atoms with van der Waals surface area (Å²) >= 11 is 1.32. The first-order valence-corrected chi connectivity index (χ1v) is 9.48. The van der Waals surface area contributed by atoms with Crippen LogP contribution in [0.3, 0.4) is 0 Å². The van der Waals surface area contributed by atoms with E-state index in [0.717, 1.165) is 22.5 Å². The first-order valence-electron chi connectivity index (χ1n) is 8.66. The van der Waals surface area contributed by atoms with Gasteiger partial charge in [-0.2, -0.15) is 5.10 Å². The van der Waals surface area contributed by atoms with Crippen LogP contribution in [0.15, 0.2) is 16.7 Å². The topological polar surface area (TPSA) is 99.2 Å². The molecule has 0 spiro atoms. The van der Waals surface area contributed by atoms with Crippen molar-refractivity contribution in [1.29, 1.82) is 0 Å². The second-order valence-corrected chi connectivity index (χ2v) is 7.88. The van der Waals surface area contributed by atoms with Crippen LogP contribution in [-0.2, 0) is 16.1 Å². The van der Waals surface area contributed by atoms with E-state index in [1.54, 1.807) is 19.1 Å². The van der Waals surface area contributed by atoms with Crippen molar-refractivity contribution in [2.24, 2.45) is 5.92 Å². The van der Waals surface area contributed by atoms with Crippen LogP contribution in [0.25, 0.3) is 10.2 Å². The third-order valence-corrected chi connectivity index (χ3v) is 5.01. The number of aryl methyl sites for hydroxylation is 2. The number of aromatic nitrogens is 3.